The fourth-order valence-corrected chi connectivity index (χ4v) is 2.87. The molecule has 1 aromatic rings. The van der Waals surface area contributed by atoms with Gasteiger partial charge in [0.1, 0.15) is 0 Å². The molecule has 2 rings (SSSR count). The second-order valence-corrected chi connectivity index (χ2v) is 5.86. The van der Waals surface area contributed by atoms with Crippen LogP contribution < -0.4 is 4.74 Å². The number of nitrogens with zero attached hydrogens (tertiary/aromatic N) is 1. The number of phenols is 1. The third-order valence-electron chi connectivity index (χ3n) is 4.22. The lowest BCUT2D eigenvalue weighted by atomic mass is 9.86. The lowest BCUT2D eigenvalue weighted by Crippen LogP contribution is -2.34. The van der Waals surface area contributed by atoms with Crippen LogP contribution in [-0.4, -0.2) is 30.2 Å². The van der Waals surface area contributed by atoms with Crippen LogP contribution in [0, 0.1) is 11.8 Å². The Kier molecular flexibility index (Phi) is 4.70. The van der Waals surface area contributed by atoms with E-state index in [0.717, 1.165) is 37.0 Å². The second kappa shape index (κ2) is 6.29. The van der Waals surface area contributed by atoms with Crippen LogP contribution in [-0.2, 0) is 6.54 Å². The number of ether oxygens (including phenoxy) is 1. The average molecular weight is 263 g/mol. The fourth-order valence-electron chi connectivity index (χ4n) is 2.87. The van der Waals surface area contributed by atoms with Gasteiger partial charge in [0.15, 0.2) is 11.5 Å². The van der Waals surface area contributed by atoms with Crippen molar-refractivity contribution >= 4 is 0 Å². The van der Waals surface area contributed by atoms with Gasteiger partial charge in [-0.15, -0.1) is 0 Å². The van der Waals surface area contributed by atoms with Crippen molar-refractivity contribution in [1.82, 2.24) is 4.90 Å². The molecular formula is C16H25NO2. The number of aromatic hydroxyl groups is 1. The van der Waals surface area contributed by atoms with E-state index in [1.54, 1.807) is 7.11 Å². The standard InChI is InChI=1S/C16H25NO2/c1-12(2)14-6-8-17(9-7-14)11-13-4-5-16(19-3)15(18)10-13/h4-5,10,12,14,18H,6-9,11H2,1-3H3. The van der Waals surface area contributed by atoms with E-state index in [2.05, 4.69) is 18.7 Å². The summed E-state index contributed by atoms with van der Waals surface area (Å²) in [7, 11) is 1.57. The number of phenolic OH excluding ortho intramolecular Hbond substituents is 1. The first-order valence-corrected chi connectivity index (χ1v) is 7.18. The van der Waals surface area contributed by atoms with Gasteiger partial charge in [-0.2, -0.15) is 0 Å². The Labute approximate surface area is 116 Å². The molecule has 0 unspecified atom stereocenters. The Hall–Kier alpha value is -1.22. The number of benzene rings is 1. The minimum absolute atomic E-state index is 0.233. The van der Waals surface area contributed by atoms with Crippen molar-refractivity contribution in [1.29, 1.82) is 0 Å². The van der Waals surface area contributed by atoms with Crippen molar-refractivity contribution in [3.8, 4) is 11.5 Å². The minimum Gasteiger partial charge on any atom is -0.504 e. The molecule has 1 aliphatic rings. The van der Waals surface area contributed by atoms with Crippen LogP contribution >= 0.6 is 0 Å². The highest BCUT2D eigenvalue weighted by atomic mass is 16.5. The maximum Gasteiger partial charge on any atom is 0.160 e. The van der Waals surface area contributed by atoms with E-state index in [0.29, 0.717) is 5.75 Å². The fraction of sp³-hybridized carbons (Fsp3) is 0.625. The highest BCUT2D eigenvalue weighted by molar-refractivity contribution is 5.41. The lowest BCUT2D eigenvalue weighted by Gasteiger charge is -2.33. The SMILES string of the molecule is COc1ccc(CN2CCC(C(C)C)CC2)cc1O. The van der Waals surface area contributed by atoms with E-state index in [9.17, 15) is 5.11 Å². The van der Waals surface area contributed by atoms with Gasteiger partial charge in [0.25, 0.3) is 0 Å². The minimum atomic E-state index is 0.233. The van der Waals surface area contributed by atoms with E-state index < -0.39 is 0 Å². The maximum absolute atomic E-state index is 9.79. The van der Waals surface area contributed by atoms with Crippen LogP contribution in [0.2, 0.25) is 0 Å². The number of rotatable bonds is 4. The molecule has 1 aliphatic heterocycles. The summed E-state index contributed by atoms with van der Waals surface area (Å²) in [5, 5.41) is 9.79. The van der Waals surface area contributed by atoms with Gasteiger partial charge in [-0.1, -0.05) is 19.9 Å². The first-order valence-electron chi connectivity index (χ1n) is 7.18. The Bertz CT molecular complexity index is 409. The Morgan fingerprint density at radius 1 is 1.32 bits per heavy atom. The van der Waals surface area contributed by atoms with Crippen LogP contribution in [0.5, 0.6) is 11.5 Å². The summed E-state index contributed by atoms with van der Waals surface area (Å²) in [4.78, 5) is 2.47. The summed E-state index contributed by atoms with van der Waals surface area (Å²) >= 11 is 0. The predicted molar refractivity (Wildman–Crippen MR) is 77.5 cm³/mol. The zero-order valence-electron chi connectivity index (χ0n) is 12.2. The van der Waals surface area contributed by atoms with Gasteiger partial charge >= 0.3 is 0 Å². The van der Waals surface area contributed by atoms with E-state index in [1.807, 2.05) is 18.2 Å². The molecule has 1 N–H and O–H groups in total. The molecule has 3 nitrogen and oxygen atoms in total. The quantitative estimate of drug-likeness (QED) is 0.905. The number of piperidine rings is 1. The summed E-state index contributed by atoms with van der Waals surface area (Å²) in [5.41, 5.74) is 1.15. The number of methoxy groups -OCH3 is 1. The topological polar surface area (TPSA) is 32.7 Å². The zero-order chi connectivity index (χ0) is 13.8. The van der Waals surface area contributed by atoms with Crippen LogP contribution in [0.4, 0.5) is 0 Å². The molecule has 106 valence electrons. The van der Waals surface area contributed by atoms with Crippen LogP contribution in [0.15, 0.2) is 18.2 Å². The molecule has 19 heavy (non-hydrogen) atoms. The molecule has 0 spiro atoms. The molecule has 1 heterocycles. The second-order valence-electron chi connectivity index (χ2n) is 5.86. The van der Waals surface area contributed by atoms with Gasteiger partial charge in [-0.25, -0.2) is 0 Å². The van der Waals surface area contributed by atoms with Crippen molar-refractivity contribution in [2.24, 2.45) is 11.8 Å². The maximum atomic E-state index is 9.79. The molecule has 0 radical (unpaired) electrons. The molecule has 0 aromatic heterocycles. The Balaban J connectivity index is 1.90. The van der Waals surface area contributed by atoms with E-state index in [-0.39, 0.29) is 5.75 Å². The summed E-state index contributed by atoms with van der Waals surface area (Å²) in [6, 6.07) is 5.69. The average Bonchev–Trinajstić information content (AvgIpc) is 2.39. The Morgan fingerprint density at radius 3 is 2.53 bits per heavy atom. The molecule has 0 aliphatic carbocycles. The predicted octanol–water partition coefficient (Wildman–Crippen LogP) is 3.27. The number of likely N-dealkylation sites (tertiary alicyclic amines) is 1. The molecule has 0 bridgehead atoms. The van der Waals surface area contributed by atoms with Crippen molar-refractivity contribution in [2.75, 3.05) is 20.2 Å². The van der Waals surface area contributed by atoms with Crippen molar-refractivity contribution in [3.05, 3.63) is 23.8 Å². The summed E-state index contributed by atoms with van der Waals surface area (Å²) in [5.74, 6) is 2.45. The largest absolute Gasteiger partial charge is 0.504 e. The summed E-state index contributed by atoms with van der Waals surface area (Å²) in [6.45, 7) is 7.89. The molecule has 1 fully saturated rings. The smallest absolute Gasteiger partial charge is 0.160 e. The van der Waals surface area contributed by atoms with Gasteiger partial charge in [-0.3, -0.25) is 4.90 Å². The molecule has 0 amide bonds. The molecule has 0 atom stereocenters. The van der Waals surface area contributed by atoms with Crippen LogP contribution in [0.1, 0.15) is 32.3 Å². The summed E-state index contributed by atoms with van der Waals surface area (Å²) < 4.78 is 5.07. The molecule has 0 saturated carbocycles. The normalized spacial score (nSPS) is 17.9. The van der Waals surface area contributed by atoms with E-state index in [1.165, 1.54) is 12.8 Å². The highest BCUT2D eigenvalue weighted by Crippen LogP contribution is 2.28. The van der Waals surface area contributed by atoms with Crippen molar-refractivity contribution < 1.29 is 9.84 Å². The van der Waals surface area contributed by atoms with Crippen molar-refractivity contribution in [2.45, 2.75) is 33.2 Å². The summed E-state index contributed by atoms with van der Waals surface area (Å²) in [6.07, 6.45) is 2.58. The molecule has 1 aromatic carbocycles. The van der Waals surface area contributed by atoms with Crippen LogP contribution in [0.3, 0.4) is 0 Å². The van der Waals surface area contributed by atoms with Gasteiger partial charge in [0.2, 0.25) is 0 Å². The van der Waals surface area contributed by atoms with Crippen molar-refractivity contribution in [3.63, 3.8) is 0 Å². The van der Waals surface area contributed by atoms with E-state index >= 15 is 0 Å². The first kappa shape index (κ1) is 14.2. The van der Waals surface area contributed by atoms with Gasteiger partial charge in [0, 0.05) is 6.54 Å². The van der Waals surface area contributed by atoms with Gasteiger partial charge in [0.05, 0.1) is 7.11 Å². The third-order valence-corrected chi connectivity index (χ3v) is 4.22. The zero-order valence-corrected chi connectivity index (χ0v) is 12.2. The highest BCUT2D eigenvalue weighted by Gasteiger charge is 2.21. The monoisotopic (exact) mass is 263 g/mol. The first-order chi connectivity index (χ1) is 9.10. The number of hydrogen-bond donors (Lipinski definition) is 1. The molecular weight excluding hydrogens is 238 g/mol. The molecule has 3 heteroatoms. The van der Waals surface area contributed by atoms with Gasteiger partial charge < -0.3 is 9.84 Å². The third kappa shape index (κ3) is 3.63. The molecule has 1 saturated heterocycles. The van der Waals surface area contributed by atoms with Gasteiger partial charge in [-0.05, 0) is 55.5 Å². The number of hydrogen-bond acceptors (Lipinski definition) is 3. The van der Waals surface area contributed by atoms with E-state index in [4.69, 9.17) is 4.74 Å². The lowest BCUT2D eigenvalue weighted by molar-refractivity contribution is 0.152. The Morgan fingerprint density at radius 2 is 2.00 bits per heavy atom. The van der Waals surface area contributed by atoms with Crippen LogP contribution in [0.25, 0.3) is 0 Å².